The molecule has 40 heavy (non-hydrogen) atoms. The molecule has 1 heterocycles. The van der Waals surface area contributed by atoms with Gasteiger partial charge in [-0.15, -0.1) is 24.5 Å². The van der Waals surface area contributed by atoms with Crippen molar-refractivity contribution in [1.29, 1.82) is 0 Å². The number of alkyl halides is 3. The van der Waals surface area contributed by atoms with Gasteiger partial charge in [0.2, 0.25) is 10.0 Å². The van der Waals surface area contributed by atoms with E-state index >= 15 is 0 Å². The number of fused-ring (bicyclic) bond motifs is 1. The quantitative estimate of drug-likeness (QED) is 0.205. The highest BCUT2D eigenvalue weighted by Crippen LogP contribution is 2.39. The highest BCUT2D eigenvalue weighted by molar-refractivity contribution is 9.10. The Morgan fingerprint density at radius 1 is 0.925 bits per heavy atom. The van der Waals surface area contributed by atoms with Gasteiger partial charge in [0.25, 0.3) is 5.91 Å². The van der Waals surface area contributed by atoms with Crippen LogP contribution in [0.25, 0.3) is 10.1 Å². The van der Waals surface area contributed by atoms with Crippen LogP contribution < -0.4 is 19.5 Å². The van der Waals surface area contributed by atoms with E-state index in [9.17, 15) is 26.4 Å². The number of methoxy groups -OCH3 is 1. The summed E-state index contributed by atoms with van der Waals surface area (Å²) in [6.07, 6.45) is -3.81. The molecule has 0 unspecified atom stereocenters. The fourth-order valence-corrected chi connectivity index (χ4v) is 6.04. The smallest absolute Gasteiger partial charge is 0.497 e. The second kappa shape index (κ2) is 10.9. The Hall–Kier alpha value is -3.29. The number of anilines is 2. The molecule has 4 aromatic rings. The number of halogens is 4. The van der Waals surface area contributed by atoms with Gasteiger partial charge in [-0.05, 0) is 71.1 Å². The molecule has 0 fully saturated rings. The van der Waals surface area contributed by atoms with Gasteiger partial charge < -0.3 is 14.8 Å². The molecule has 0 saturated heterocycles. The maximum atomic E-state index is 13.1. The minimum absolute atomic E-state index is 0.202. The van der Waals surface area contributed by atoms with E-state index in [2.05, 4.69) is 30.7 Å². The van der Waals surface area contributed by atoms with E-state index < -0.39 is 27.6 Å². The van der Waals surface area contributed by atoms with Crippen LogP contribution in [0.5, 0.6) is 11.5 Å². The Labute approximate surface area is 241 Å². The minimum Gasteiger partial charge on any atom is -0.497 e. The van der Waals surface area contributed by atoms with E-state index in [4.69, 9.17) is 4.74 Å². The summed E-state index contributed by atoms with van der Waals surface area (Å²) >= 11 is 4.72. The first-order chi connectivity index (χ1) is 18.5. The molecule has 3 aromatic carbocycles. The van der Waals surface area contributed by atoms with Gasteiger partial charge in [0.05, 0.1) is 18.2 Å². The van der Waals surface area contributed by atoms with Crippen molar-refractivity contribution in [1.82, 2.24) is 0 Å². The van der Waals surface area contributed by atoms with Crippen LogP contribution in [0.4, 0.5) is 24.5 Å². The summed E-state index contributed by atoms with van der Waals surface area (Å²) in [5.41, 5.74) is 1.25. The monoisotopic (exact) mass is 656 g/mol. The molecule has 4 rings (SSSR count). The molecule has 212 valence electrons. The number of nitrogens with one attached hydrogen (secondary N) is 2. The van der Waals surface area contributed by atoms with Gasteiger partial charge in [-0.2, -0.15) is 0 Å². The molecule has 2 N–H and O–H groups in total. The van der Waals surface area contributed by atoms with Crippen molar-refractivity contribution in [3.8, 4) is 11.5 Å². The van der Waals surface area contributed by atoms with Crippen LogP contribution in [0.15, 0.2) is 65.1 Å². The van der Waals surface area contributed by atoms with E-state index in [1.165, 1.54) is 24.5 Å². The lowest BCUT2D eigenvalue weighted by molar-refractivity contribution is -0.274. The van der Waals surface area contributed by atoms with Crippen molar-refractivity contribution in [2.75, 3.05) is 23.4 Å². The standard InChI is InChI=1S/C27H24BrF3N2O5S2/c1-26(2,17-11-21(37-3)14-22(12-17)38-27(29,30)31)16-9-18(28)13-20(10-16)32-25(34)24-8-15-7-19(33-40(4,35)36)5-6-23(15)39-24/h5-14,33H,1-4H3,(H,32,34). The molecule has 7 nitrogen and oxygen atoms in total. The Morgan fingerprint density at radius 3 is 2.25 bits per heavy atom. The zero-order chi connectivity index (χ0) is 29.5. The molecule has 1 aromatic heterocycles. The first-order valence-electron chi connectivity index (χ1n) is 11.6. The lowest BCUT2D eigenvalue weighted by Gasteiger charge is -2.28. The summed E-state index contributed by atoms with van der Waals surface area (Å²) in [5, 5.41) is 3.58. The molecule has 0 aliphatic rings. The summed E-state index contributed by atoms with van der Waals surface area (Å²) in [6.45, 7) is 3.67. The molecule has 0 spiro atoms. The first kappa shape index (κ1) is 29.7. The number of benzene rings is 3. The summed E-state index contributed by atoms with van der Waals surface area (Å²) in [4.78, 5) is 13.5. The van der Waals surface area contributed by atoms with Gasteiger partial charge in [-0.1, -0.05) is 29.8 Å². The van der Waals surface area contributed by atoms with Crippen LogP contribution >= 0.6 is 27.3 Å². The Bertz CT molecular complexity index is 1700. The van der Waals surface area contributed by atoms with Gasteiger partial charge in [-0.3, -0.25) is 9.52 Å². The third kappa shape index (κ3) is 7.26. The van der Waals surface area contributed by atoms with Gasteiger partial charge >= 0.3 is 6.36 Å². The van der Waals surface area contributed by atoms with Gasteiger partial charge in [0, 0.05) is 32.0 Å². The Morgan fingerprint density at radius 2 is 1.60 bits per heavy atom. The maximum absolute atomic E-state index is 13.1. The number of carbonyl (C=O) groups excluding carboxylic acids is 1. The molecule has 0 radical (unpaired) electrons. The van der Waals surface area contributed by atoms with Crippen LogP contribution in [0.3, 0.4) is 0 Å². The van der Waals surface area contributed by atoms with Crippen LogP contribution in [0, 0.1) is 0 Å². The predicted octanol–water partition coefficient (Wildman–Crippen LogP) is 7.52. The number of sulfonamides is 1. The summed E-state index contributed by atoms with van der Waals surface area (Å²) in [5.74, 6) is -0.575. The third-order valence-electron chi connectivity index (χ3n) is 5.99. The molecule has 0 saturated carbocycles. The maximum Gasteiger partial charge on any atom is 0.573 e. The van der Waals surface area contributed by atoms with E-state index in [-0.39, 0.29) is 11.7 Å². The van der Waals surface area contributed by atoms with Crippen LogP contribution in [0.2, 0.25) is 0 Å². The van der Waals surface area contributed by atoms with Crippen molar-refractivity contribution in [2.45, 2.75) is 25.6 Å². The number of thiophene rings is 1. The lowest BCUT2D eigenvalue weighted by Crippen LogP contribution is -2.21. The highest BCUT2D eigenvalue weighted by Gasteiger charge is 2.33. The normalized spacial score (nSPS) is 12.3. The number of hydrogen-bond acceptors (Lipinski definition) is 6. The molecule has 0 aliphatic carbocycles. The Balaban J connectivity index is 1.63. The number of ether oxygens (including phenoxy) is 2. The zero-order valence-corrected chi connectivity index (χ0v) is 24.9. The zero-order valence-electron chi connectivity index (χ0n) is 21.6. The number of rotatable bonds is 8. The molecular weight excluding hydrogens is 633 g/mol. The van der Waals surface area contributed by atoms with Crippen molar-refractivity contribution in [2.24, 2.45) is 0 Å². The molecule has 0 aliphatic heterocycles. The van der Waals surface area contributed by atoms with Crippen LogP contribution in [-0.2, 0) is 15.4 Å². The average molecular weight is 658 g/mol. The van der Waals surface area contributed by atoms with Crippen molar-refractivity contribution in [3.63, 3.8) is 0 Å². The fourth-order valence-electron chi connectivity index (χ4n) is 4.06. The summed E-state index contributed by atoms with van der Waals surface area (Å²) < 4.78 is 75.0. The SMILES string of the molecule is COc1cc(OC(F)(F)F)cc(C(C)(C)c2cc(Br)cc(NC(=O)c3cc4cc(NS(C)(=O)=O)ccc4s3)c2)c1. The Kier molecular flexibility index (Phi) is 8.12. The lowest BCUT2D eigenvalue weighted by atomic mass is 9.78. The number of amides is 1. The molecule has 1 amide bonds. The molecule has 0 bridgehead atoms. The number of carbonyl (C=O) groups is 1. The topological polar surface area (TPSA) is 93.7 Å². The number of hydrogen-bond donors (Lipinski definition) is 2. The van der Waals surface area contributed by atoms with Gasteiger partial charge in [0.15, 0.2) is 0 Å². The van der Waals surface area contributed by atoms with Gasteiger partial charge in [-0.25, -0.2) is 8.42 Å². The van der Waals surface area contributed by atoms with Gasteiger partial charge in [0.1, 0.15) is 11.5 Å². The van der Waals surface area contributed by atoms with E-state index in [0.717, 1.165) is 17.0 Å². The second-order valence-electron chi connectivity index (χ2n) is 9.49. The average Bonchev–Trinajstić information content (AvgIpc) is 3.25. The molecular formula is C27H24BrF3N2O5S2. The second-order valence-corrected chi connectivity index (χ2v) is 13.2. The molecule has 13 heteroatoms. The third-order valence-corrected chi connectivity index (χ3v) is 8.17. The van der Waals surface area contributed by atoms with E-state index in [1.54, 1.807) is 42.5 Å². The minimum atomic E-state index is -4.86. The first-order valence-corrected chi connectivity index (χ1v) is 15.1. The van der Waals surface area contributed by atoms with Crippen molar-refractivity contribution < 1.29 is 35.9 Å². The predicted molar refractivity (Wildman–Crippen MR) is 154 cm³/mol. The van der Waals surface area contributed by atoms with Crippen molar-refractivity contribution >= 4 is 64.7 Å². The van der Waals surface area contributed by atoms with E-state index in [1.807, 2.05) is 19.9 Å². The highest BCUT2D eigenvalue weighted by atomic mass is 79.9. The van der Waals surface area contributed by atoms with Crippen LogP contribution in [-0.4, -0.2) is 34.1 Å². The molecule has 0 atom stereocenters. The largest absolute Gasteiger partial charge is 0.573 e. The summed E-state index contributed by atoms with van der Waals surface area (Å²) in [6, 6.07) is 16.0. The van der Waals surface area contributed by atoms with E-state index in [0.29, 0.717) is 37.2 Å². The van der Waals surface area contributed by atoms with Crippen molar-refractivity contribution in [3.05, 3.63) is 81.1 Å². The van der Waals surface area contributed by atoms with Crippen LogP contribution in [0.1, 0.15) is 34.6 Å². The fraction of sp³-hybridized carbons (Fsp3) is 0.222. The summed E-state index contributed by atoms with van der Waals surface area (Å²) in [7, 11) is -2.09.